The van der Waals surface area contributed by atoms with Crippen molar-refractivity contribution in [2.75, 3.05) is 0 Å². The summed E-state index contributed by atoms with van der Waals surface area (Å²) in [5, 5.41) is 12.6. The summed E-state index contributed by atoms with van der Waals surface area (Å²) in [4.78, 5) is 29.3. The highest BCUT2D eigenvalue weighted by molar-refractivity contribution is 6.19. The molecule has 148 valence electrons. The zero-order valence-electron chi connectivity index (χ0n) is 16.9. The Hall–Kier alpha value is -3.91. The number of aromatic nitrogens is 2. The summed E-state index contributed by atoms with van der Waals surface area (Å²) < 4.78 is 1.94. The van der Waals surface area contributed by atoms with Crippen LogP contribution in [0.5, 0.6) is 0 Å². The second kappa shape index (κ2) is 7.49. The van der Waals surface area contributed by atoms with Gasteiger partial charge in [0, 0.05) is 34.4 Å². The molecule has 2 aromatic carbocycles. The quantitative estimate of drug-likeness (QED) is 0.279. The highest BCUT2D eigenvalue weighted by atomic mass is 16.2. The van der Waals surface area contributed by atoms with E-state index in [-0.39, 0.29) is 5.69 Å². The molecule has 0 aliphatic carbocycles. The van der Waals surface area contributed by atoms with Gasteiger partial charge in [-0.25, -0.2) is 0 Å². The molecular weight excluding hydrogens is 374 g/mol. The summed E-state index contributed by atoms with van der Waals surface area (Å²) in [7, 11) is 0. The van der Waals surface area contributed by atoms with Gasteiger partial charge in [-0.15, -0.1) is 6.58 Å². The van der Waals surface area contributed by atoms with Gasteiger partial charge in [0.1, 0.15) is 0 Å². The van der Waals surface area contributed by atoms with Crippen LogP contribution in [0.3, 0.4) is 0 Å². The number of carbonyl (C=O) groups is 2. The third-order valence-corrected chi connectivity index (χ3v) is 5.60. The smallest absolute Gasteiger partial charge is 0.204 e. The molecule has 4 aromatic rings. The lowest BCUT2D eigenvalue weighted by Crippen LogP contribution is -2.23. The van der Waals surface area contributed by atoms with Gasteiger partial charge in [0.05, 0.1) is 11.8 Å². The first-order valence-electron chi connectivity index (χ1n) is 9.72. The topological polar surface area (TPSA) is 78.7 Å². The molecule has 0 aliphatic heterocycles. The molecule has 0 aliphatic rings. The molecule has 1 atom stereocenters. The van der Waals surface area contributed by atoms with E-state index >= 15 is 0 Å². The summed E-state index contributed by atoms with van der Waals surface area (Å²) in [6, 6.07) is 17.2. The van der Waals surface area contributed by atoms with Gasteiger partial charge in [-0.3, -0.25) is 9.59 Å². The summed E-state index contributed by atoms with van der Waals surface area (Å²) in [5.41, 5.74) is 3.08. The number of benzene rings is 2. The van der Waals surface area contributed by atoms with Crippen LogP contribution in [0.15, 0.2) is 61.2 Å². The molecular formula is C25H21N3O2. The molecule has 2 heterocycles. The molecule has 5 nitrogen and oxygen atoms in total. The Morgan fingerprint density at radius 3 is 2.63 bits per heavy atom. The second-order valence-corrected chi connectivity index (χ2v) is 7.41. The average molecular weight is 395 g/mol. The number of H-pyrrole nitrogens is 1. The van der Waals surface area contributed by atoms with Crippen molar-refractivity contribution in [1.82, 2.24) is 9.55 Å². The van der Waals surface area contributed by atoms with Gasteiger partial charge in [-0.2, -0.15) is 5.26 Å². The van der Waals surface area contributed by atoms with E-state index in [0.717, 1.165) is 33.1 Å². The SMILES string of the molecule is C=CCn1c(C)cc(C(=O)[C@H](C#N)C(=O)c2cc3c(ccc4ccccc43)[nH]2)c1C. The maximum absolute atomic E-state index is 13.1. The lowest BCUT2D eigenvalue weighted by molar-refractivity contribution is 0.0843. The molecule has 5 heteroatoms. The van der Waals surface area contributed by atoms with Crippen LogP contribution in [-0.4, -0.2) is 21.1 Å². The van der Waals surface area contributed by atoms with E-state index in [4.69, 9.17) is 0 Å². The van der Waals surface area contributed by atoms with Gasteiger partial charge in [0.2, 0.25) is 5.78 Å². The molecule has 4 rings (SSSR count). The lowest BCUT2D eigenvalue weighted by atomic mass is 9.93. The third-order valence-electron chi connectivity index (χ3n) is 5.60. The molecule has 0 amide bonds. The van der Waals surface area contributed by atoms with Crippen LogP contribution < -0.4 is 0 Å². The van der Waals surface area contributed by atoms with Gasteiger partial charge in [-0.05, 0) is 42.8 Å². The predicted molar refractivity (Wildman–Crippen MR) is 118 cm³/mol. The number of hydrogen-bond donors (Lipinski definition) is 1. The molecule has 0 unspecified atom stereocenters. The van der Waals surface area contributed by atoms with Crippen LogP contribution in [0, 0.1) is 31.1 Å². The monoisotopic (exact) mass is 395 g/mol. The van der Waals surface area contributed by atoms with Crippen molar-refractivity contribution in [1.29, 1.82) is 5.26 Å². The van der Waals surface area contributed by atoms with Crippen LogP contribution in [0.4, 0.5) is 0 Å². The van der Waals surface area contributed by atoms with E-state index in [1.807, 2.05) is 60.9 Å². The highest BCUT2D eigenvalue weighted by Crippen LogP contribution is 2.28. The summed E-state index contributed by atoms with van der Waals surface area (Å²) in [5.74, 6) is -2.40. The number of carbonyl (C=O) groups excluding carboxylic acids is 2. The Morgan fingerprint density at radius 1 is 1.13 bits per heavy atom. The normalized spacial score (nSPS) is 12.0. The molecule has 0 radical (unpaired) electrons. The van der Waals surface area contributed by atoms with Crippen molar-refractivity contribution in [3.8, 4) is 6.07 Å². The van der Waals surface area contributed by atoms with Crippen LogP contribution in [-0.2, 0) is 6.54 Å². The van der Waals surface area contributed by atoms with Gasteiger partial charge in [-0.1, -0.05) is 36.4 Å². The number of allylic oxidation sites excluding steroid dienone is 1. The van der Waals surface area contributed by atoms with E-state index in [1.54, 1.807) is 18.2 Å². The van der Waals surface area contributed by atoms with E-state index < -0.39 is 17.5 Å². The van der Waals surface area contributed by atoms with Crippen molar-refractivity contribution < 1.29 is 9.59 Å². The number of rotatable bonds is 6. The van der Waals surface area contributed by atoms with Crippen molar-refractivity contribution in [3.05, 3.63) is 83.8 Å². The Balaban J connectivity index is 1.74. The number of nitriles is 1. The summed E-state index contributed by atoms with van der Waals surface area (Å²) >= 11 is 0. The first-order valence-corrected chi connectivity index (χ1v) is 9.72. The maximum atomic E-state index is 13.1. The number of nitrogens with one attached hydrogen (secondary N) is 1. The zero-order chi connectivity index (χ0) is 21.4. The lowest BCUT2D eigenvalue weighted by Gasteiger charge is -2.08. The van der Waals surface area contributed by atoms with Crippen molar-refractivity contribution in [3.63, 3.8) is 0 Å². The molecule has 2 aromatic heterocycles. The van der Waals surface area contributed by atoms with Crippen LogP contribution >= 0.6 is 0 Å². The Morgan fingerprint density at radius 2 is 1.90 bits per heavy atom. The molecule has 0 saturated carbocycles. The Bertz CT molecular complexity index is 1360. The fraction of sp³-hybridized carbons (Fsp3) is 0.160. The number of fused-ring (bicyclic) bond motifs is 3. The first-order chi connectivity index (χ1) is 14.5. The number of ketones is 2. The highest BCUT2D eigenvalue weighted by Gasteiger charge is 2.31. The van der Waals surface area contributed by atoms with E-state index in [2.05, 4.69) is 11.6 Å². The van der Waals surface area contributed by atoms with Crippen molar-refractivity contribution in [2.45, 2.75) is 20.4 Å². The largest absolute Gasteiger partial charge is 0.352 e. The summed E-state index contributed by atoms with van der Waals surface area (Å²) in [6.07, 6.45) is 1.75. The second-order valence-electron chi connectivity index (χ2n) is 7.41. The third kappa shape index (κ3) is 3.03. The maximum Gasteiger partial charge on any atom is 0.204 e. The van der Waals surface area contributed by atoms with Gasteiger partial charge >= 0.3 is 0 Å². The first kappa shape index (κ1) is 19.4. The molecule has 0 fully saturated rings. The molecule has 0 bridgehead atoms. The van der Waals surface area contributed by atoms with Gasteiger partial charge in [0.25, 0.3) is 0 Å². The van der Waals surface area contributed by atoms with Crippen LogP contribution in [0.1, 0.15) is 32.2 Å². The predicted octanol–water partition coefficient (Wildman–Crippen LogP) is 5.13. The Kier molecular flexibility index (Phi) is 4.85. The van der Waals surface area contributed by atoms with Crippen molar-refractivity contribution in [2.24, 2.45) is 5.92 Å². The average Bonchev–Trinajstić information content (AvgIpc) is 3.31. The fourth-order valence-corrected chi connectivity index (χ4v) is 4.03. The van der Waals surface area contributed by atoms with E-state index in [0.29, 0.717) is 12.1 Å². The minimum atomic E-state index is -1.40. The van der Waals surface area contributed by atoms with Gasteiger partial charge in [0.15, 0.2) is 11.7 Å². The standard InChI is InChI=1S/C25H21N3O2/c1-4-11-28-15(2)12-19(16(28)3)24(29)21(14-26)25(30)23-13-20-18-8-6-5-7-17(18)9-10-22(20)27-23/h4-10,12-13,21,27H,1,11H2,2-3H3/t21-/m0/s1. The zero-order valence-corrected chi connectivity index (χ0v) is 16.9. The van der Waals surface area contributed by atoms with Crippen LogP contribution in [0.2, 0.25) is 0 Å². The number of Topliss-reactive ketones (excluding diaryl/α,β-unsaturated/α-hetero) is 2. The fourth-order valence-electron chi connectivity index (χ4n) is 4.03. The molecule has 1 N–H and O–H groups in total. The number of nitrogens with zero attached hydrogens (tertiary/aromatic N) is 2. The van der Waals surface area contributed by atoms with E-state index in [9.17, 15) is 14.9 Å². The minimum Gasteiger partial charge on any atom is -0.352 e. The molecule has 0 spiro atoms. The molecule has 30 heavy (non-hydrogen) atoms. The molecule has 0 saturated heterocycles. The Labute approximate surface area is 174 Å². The van der Waals surface area contributed by atoms with Crippen LogP contribution in [0.25, 0.3) is 21.7 Å². The summed E-state index contributed by atoms with van der Waals surface area (Å²) in [6.45, 7) is 8.00. The minimum absolute atomic E-state index is 0.265. The van der Waals surface area contributed by atoms with E-state index in [1.165, 1.54) is 0 Å². The number of aryl methyl sites for hydroxylation is 1. The van der Waals surface area contributed by atoms with Gasteiger partial charge < -0.3 is 9.55 Å². The number of aromatic amines is 1. The number of hydrogen-bond acceptors (Lipinski definition) is 3. The van der Waals surface area contributed by atoms with Crippen molar-refractivity contribution >= 4 is 33.2 Å².